The summed E-state index contributed by atoms with van der Waals surface area (Å²) in [5.74, 6) is 0.760. The van der Waals surface area contributed by atoms with E-state index in [4.69, 9.17) is 17.0 Å². The van der Waals surface area contributed by atoms with Crippen LogP contribution in [0, 0.1) is 4.77 Å². The fourth-order valence-corrected chi connectivity index (χ4v) is 2.69. The van der Waals surface area contributed by atoms with Gasteiger partial charge in [0.2, 0.25) is 4.77 Å². The molecule has 0 unspecified atom stereocenters. The average Bonchev–Trinajstić information content (AvgIpc) is 2.66. The van der Waals surface area contributed by atoms with E-state index < -0.39 is 5.56 Å². The normalized spacial score (nSPS) is 11.7. The monoisotopic (exact) mass is 394 g/mol. The van der Waals surface area contributed by atoms with Crippen LogP contribution in [0.25, 0.3) is 0 Å². The van der Waals surface area contributed by atoms with Crippen LogP contribution < -0.4 is 10.3 Å². The van der Waals surface area contributed by atoms with Gasteiger partial charge in [0.05, 0.1) is 6.21 Å². The summed E-state index contributed by atoms with van der Waals surface area (Å²) in [5, 5.41) is 10.2. The Bertz CT molecular complexity index is 1050. The summed E-state index contributed by atoms with van der Waals surface area (Å²) in [4.78, 5) is 11.7. The minimum atomic E-state index is -0.391. The van der Waals surface area contributed by atoms with Gasteiger partial charge in [-0.05, 0) is 58.6 Å². The maximum atomic E-state index is 11.7. The molecule has 3 rings (SSSR count). The summed E-state index contributed by atoms with van der Waals surface area (Å²) in [6.07, 6.45) is 2.68. The van der Waals surface area contributed by atoms with Crippen LogP contribution in [0.5, 0.6) is 5.75 Å². The van der Waals surface area contributed by atoms with Gasteiger partial charge in [-0.3, -0.25) is 9.89 Å². The molecule has 0 saturated heterocycles. The quantitative estimate of drug-likeness (QED) is 0.523. The molecule has 2 aromatic carbocycles. The van der Waals surface area contributed by atoms with Crippen molar-refractivity contribution in [1.29, 1.82) is 0 Å². The summed E-state index contributed by atoms with van der Waals surface area (Å²) >= 11 is 5.00. The molecule has 0 amide bonds. The first-order valence-electron chi connectivity index (χ1n) is 8.86. The third-order valence-corrected chi connectivity index (χ3v) is 4.43. The maximum absolute atomic E-state index is 11.7. The molecule has 0 radical (unpaired) electrons. The van der Waals surface area contributed by atoms with Gasteiger partial charge in [-0.1, -0.05) is 45.0 Å². The molecule has 1 N–H and O–H groups in total. The summed E-state index contributed by atoms with van der Waals surface area (Å²) in [6, 6.07) is 15.9. The van der Waals surface area contributed by atoms with E-state index in [1.165, 1.54) is 5.56 Å². The molecule has 0 fully saturated rings. The smallest absolute Gasteiger partial charge is 0.293 e. The van der Waals surface area contributed by atoms with E-state index in [9.17, 15) is 4.79 Å². The first-order chi connectivity index (χ1) is 13.3. The van der Waals surface area contributed by atoms with E-state index >= 15 is 0 Å². The number of aromatic nitrogens is 3. The van der Waals surface area contributed by atoms with Gasteiger partial charge in [0.1, 0.15) is 18.6 Å². The van der Waals surface area contributed by atoms with Crippen LogP contribution in [0.1, 0.15) is 37.5 Å². The lowest BCUT2D eigenvalue weighted by molar-refractivity contribution is 0.306. The summed E-state index contributed by atoms with van der Waals surface area (Å²) in [6.45, 7) is 7.09. The molecule has 6 nitrogen and oxygen atoms in total. The second-order valence-corrected chi connectivity index (χ2v) is 7.76. The predicted molar refractivity (Wildman–Crippen MR) is 113 cm³/mol. The molecule has 0 atom stereocenters. The standard InChI is InChI=1S/C21H22N4O2S/c1-21(2,3)17-8-4-16(5-9-17)14-27-18-10-6-15(7-11-18)12-23-25-19(26)13-22-24-20(25)28/h4-13H,14H2,1-3H3,(H,24,28)/b23-12+. The number of hydrogen-bond acceptors (Lipinski definition) is 5. The molecular formula is C21H22N4O2S. The Morgan fingerprint density at radius 3 is 2.43 bits per heavy atom. The second kappa shape index (κ2) is 8.31. The SMILES string of the molecule is CC(C)(C)c1ccc(COc2ccc(/C=N/n3c(=O)cn[nH]c3=S)cc2)cc1. The van der Waals surface area contributed by atoms with Crippen molar-refractivity contribution in [3.05, 3.63) is 86.5 Å². The molecule has 1 aromatic heterocycles. The summed E-state index contributed by atoms with van der Waals surface area (Å²) in [7, 11) is 0. The number of hydrogen-bond donors (Lipinski definition) is 1. The zero-order chi connectivity index (χ0) is 20.1. The van der Waals surface area contributed by atoms with Crippen LogP contribution in [0.15, 0.2) is 64.6 Å². The van der Waals surface area contributed by atoms with Gasteiger partial charge in [0.25, 0.3) is 5.56 Å². The third-order valence-electron chi connectivity index (χ3n) is 4.16. The first kappa shape index (κ1) is 19.7. The number of H-pyrrole nitrogens is 1. The fourth-order valence-electron chi connectivity index (χ4n) is 2.50. The predicted octanol–water partition coefficient (Wildman–Crippen LogP) is 4.06. The van der Waals surface area contributed by atoms with E-state index in [1.807, 2.05) is 24.3 Å². The van der Waals surface area contributed by atoms with E-state index in [0.29, 0.717) is 6.61 Å². The number of rotatable bonds is 5. The molecule has 0 spiro atoms. The van der Waals surface area contributed by atoms with Crippen molar-refractivity contribution in [2.45, 2.75) is 32.8 Å². The molecule has 0 aliphatic rings. The Balaban J connectivity index is 1.62. The van der Waals surface area contributed by atoms with Crippen molar-refractivity contribution in [2.75, 3.05) is 0 Å². The van der Waals surface area contributed by atoms with Gasteiger partial charge in [-0.25, -0.2) is 0 Å². The Hall–Kier alpha value is -3.06. The lowest BCUT2D eigenvalue weighted by Crippen LogP contribution is -2.18. The van der Waals surface area contributed by atoms with Crippen LogP contribution >= 0.6 is 12.2 Å². The van der Waals surface area contributed by atoms with Crippen molar-refractivity contribution in [1.82, 2.24) is 14.9 Å². The van der Waals surface area contributed by atoms with Gasteiger partial charge in [0.15, 0.2) is 0 Å². The van der Waals surface area contributed by atoms with Crippen LogP contribution in [-0.4, -0.2) is 21.1 Å². The van der Waals surface area contributed by atoms with E-state index in [0.717, 1.165) is 27.7 Å². The van der Waals surface area contributed by atoms with Gasteiger partial charge in [0, 0.05) is 0 Å². The van der Waals surface area contributed by atoms with Crippen molar-refractivity contribution in [3.63, 3.8) is 0 Å². The molecule has 1 heterocycles. The van der Waals surface area contributed by atoms with Crippen LogP contribution in [-0.2, 0) is 12.0 Å². The zero-order valence-electron chi connectivity index (χ0n) is 16.0. The minimum Gasteiger partial charge on any atom is -0.489 e. The largest absolute Gasteiger partial charge is 0.489 e. The topological polar surface area (TPSA) is 72.3 Å². The zero-order valence-corrected chi connectivity index (χ0v) is 16.9. The number of nitrogens with zero attached hydrogens (tertiary/aromatic N) is 3. The fraction of sp³-hybridized carbons (Fsp3) is 0.238. The van der Waals surface area contributed by atoms with E-state index in [2.05, 4.69) is 60.3 Å². The van der Waals surface area contributed by atoms with Gasteiger partial charge in [-0.15, -0.1) is 0 Å². The third kappa shape index (κ3) is 5.01. The highest BCUT2D eigenvalue weighted by atomic mass is 32.1. The van der Waals surface area contributed by atoms with Crippen molar-refractivity contribution in [3.8, 4) is 5.75 Å². The molecule has 0 aliphatic carbocycles. The minimum absolute atomic E-state index is 0.140. The molecule has 28 heavy (non-hydrogen) atoms. The second-order valence-electron chi connectivity index (χ2n) is 7.37. The molecule has 3 aromatic rings. The Kier molecular flexibility index (Phi) is 5.84. The van der Waals surface area contributed by atoms with Gasteiger partial charge < -0.3 is 4.74 Å². The number of benzene rings is 2. The number of ether oxygens (including phenoxy) is 1. The van der Waals surface area contributed by atoms with Crippen molar-refractivity contribution >= 4 is 18.4 Å². The van der Waals surface area contributed by atoms with E-state index in [1.54, 1.807) is 6.21 Å². The Morgan fingerprint density at radius 2 is 1.82 bits per heavy atom. The first-order valence-corrected chi connectivity index (χ1v) is 9.27. The summed E-state index contributed by atoms with van der Waals surface area (Å²) in [5.41, 5.74) is 2.98. The van der Waals surface area contributed by atoms with E-state index in [-0.39, 0.29) is 10.2 Å². The highest BCUT2D eigenvalue weighted by Gasteiger charge is 2.12. The lowest BCUT2D eigenvalue weighted by Gasteiger charge is -2.19. The highest BCUT2D eigenvalue weighted by molar-refractivity contribution is 7.71. The molecule has 0 saturated carbocycles. The van der Waals surface area contributed by atoms with Crippen LogP contribution in [0.2, 0.25) is 0 Å². The van der Waals surface area contributed by atoms with Crippen molar-refractivity contribution < 1.29 is 4.74 Å². The Morgan fingerprint density at radius 1 is 1.14 bits per heavy atom. The number of aromatic amines is 1. The van der Waals surface area contributed by atoms with Crippen LogP contribution in [0.4, 0.5) is 0 Å². The molecule has 144 valence electrons. The average molecular weight is 395 g/mol. The molecular weight excluding hydrogens is 372 g/mol. The summed E-state index contributed by atoms with van der Waals surface area (Å²) < 4.78 is 7.06. The molecule has 0 aliphatic heterocycles. The molecule has 0 bridgehead atoms. The highest BCUT2D eigenvalue weighted by Crippen LogP contribution is 2.22. The number of nitrogens with one attached hydrogen (secondary N) is 1. The lowest BCUT2D eigenvalue weighted by atomic mass is 9.87. The van der Waals surface area contributed by atoms with Gasteiger partial charge in [-0.2, -0.15) is 14.9 Å². The van der Waals surface area contributed by atoms with Gasteiger partial charge >= 0.3 is 0 Å². The van der Waals surface area contributed by atoms with Crippen molar-refractivity contribution in [2.24, 2.45) is 5.10 Å². The maximum Gasteiger partial charge on any atom is 0.293 e. The van der Waals surface area contributed by atoms with Crippen LogP contribution in [0.3, 0.4) is 0 Å². The molecule has 7 heteroatoms. The Labute approximate surface area is 168 Å².